The quantitative estimate of drug-likeness (QED) is 0.818. The molecule has 2 aromatic rings. The van der Waals surface area contributed by atoms with E-state index >= 15 is 0 Å². The van der Waals surface area contributed by atoms with Gasteiger partial charge >= 0.3 is 12.0 Å². The van der Waals surface area contributed by atoms with Crippen molar-refractivity contribution in [2.75, 3.05) is 0 Å². The monoisotopic (exact) mass is 369 g/mol. The molecule has 27 heavy (non-hydrogen) atoms. The van der Waals surface area contributed by atoms with Gasteiger partial charge in [0, 0.05) is 18.9 Å². The number of carbonyl (C=O) groups excluding carboxylic acids is 2. The van der Waals surface area contributed by atoms with Gasteiger partial charge in [0.1, 0.15) is 0 Å². The summed E-state index contributed by atoms with van der Waals surface area (Å²) in [7, 11) is 0. The first-order chi connectivity index (χ1) is 13.0. The van der Waals surface area contributed by atoms with Crippen molar-refractivity contribution in [1.29, 1.82) is 0 Å². The Labute approximate surface area is 157 Å². The molecule has 2 aliphatic rings. The van der Waals surface area contributed by atoms with E-state index in [1.807, 2.05) is 26.0 Å². The lowest BCUT2D eigenvalue weighted by Crippen LogP contribution is -2.54. The predicted molar refractivity (Wildman–Crippen MR) is 96.4 cm³/mol. The molecule has 142 valence electrons. The minimum atomic E-state index is -0.932. The van der Waals surface area contributed by atoms with E-state index in [1.54, 1.807) is 0 Å². The van der Waals surface area contributed by atoms with Crippen molar-refractivity contribution < 1.29 is 18.8 Å². The first-order valence-corrected chi connectivity index (χ1v) is 9.31. The molecular weight excluding hydrogens is 346 g/mol. The first-order valence-electron chi connectivity index (χ1n) is 9.31. The van der Waals surface area contributed by atoms with Crippen LogP contribution in [0.25, 0.3) is 0 Å². The fraction of sp³-hybridized carbons (Fsp3) is 0.450. The lowest BCUT2D eigenvalue weighted by molar-refractivity contribution is -0.107. The average Bonchev–Trinajstić information content (AvgIpc) is 3.22. The zero-order valence-electron chi connectivity index (χ0n) is 15.6. The molecule has 1 aromatic carbocycles. The minimum Gasteiger partial charge on any atom is -0.419 e. The van der Waals surface area contributed by atoms with Crippen molar-refractivity contribution in [2.45, 2.75) is 58.2 Å². The summed E-state index contributed by atoms with van der Waals surface area (Å²) in [6, 6.07) is 7.62. The zero-order chi connectivity index (χ0) is 19.0. The molecule has 7 heteroatoms. The Morgan fingerprint density at radius 3 is 2.48 bits per heavy atom. The highest BCUT2D eigenvalue weighted by Gasteiger charge is 2.55. The van der Waals surface area contributed by atoms with Crippen molar-refractivity contribution in [3.8, 4) is 0 Å². The summed E-state index contributed by atoms with van der Waals surface area (Å²) < 4.78 is 10.9. The molecule has 1 aromatic heterocycles. The number of carbonyl (C=O) groups is 2. The van der Waals surface area contributed by atoms with Crippen LogP contribution in [0.3, 0.4) is 0 Å². The van der Waals surface area contributed by atoms with Crippen LogP contribution in [0.2, 0.25) is 0 Å². The van der Waals surface area contributed by atoms with Crippen LogP contribution in [0.4, 0.5) is 4.79 Å². The molecule has 7 nitrogen and oxygen atoms in total. The van der Waals surface area contributed by atoms with Crippen LogP contribution in [0, 0.1) is 13.8 Å². The van der Waals surface area contributed by atoms with Crippen molar-refractivity contribution >= 4 is 12.0 Å². The summed E-state index contributed by atoms with van der Waals surface area (Å²) in [5.74, 6) is -0.298. The highest BCUT2D eigenvalue weighted by molar-refractivity contribution is 5.93. The van der Waals surface area contributed by atoms with Gasteiger partial charge < -0.3 is 9.26 Å². The fourth-order valence-electron chi connectivity index (χ4n) is 4.17. The van der Waals surface area contributed by atoms with Crippen LogP contribution < -0.4 is 0 Å². The van der Waals surface area contributed by atoms with E-state index in [-0.39, 0.29) is 12.3 Å². The third kappa shape index (κ3) is 3.18. The van der Waals surface area contributed by atoms with E-state index in [0.29, 0.717) is 12.8 Å². The standard InChI is InChI=1S/C20H23N3O4/c1-14-10-15(2)12-16(11-14)13-22-19(25)26-20(7-4-3-5-8-20)23(22)18(24)17-6-9-21-27-17/h6,9-12H,3-5,7-8,13H2,1-2H3. The Morgan fingerprint density at radius 2 is 1.85 bits per heavy atom. The van der Waals surface area contributed by atoms with Gasteiger partial charge in [-0.3, -0.25) is 4.79 Å². The Bertz CT molecular complexity index is 836. The number of amides is 2. The largest absolute Gasteiger partial charge is 0.431 e. The molecule has 1 aliphatic carbocycles. The van der Waals surface area contributed by atoms with Gasteiger partial charge in [-0.15, -0.1) is 0 Å². The highest BCUT2D eigenvalue weighted by atomic mass is 16.6. The van der Waals surface area contributed by atoms with E-state index in [0.717, 1.165) is 36.0 Å². The topological polar surface area (TPSA) is 75.9 Å². The molecule has 2 amide bonds. The molecule has 1 spiro atoms. The van der Waals surface area contributed by atoms with Gasteiger partial charge in [-0.05, 0) is 32.3 Å². The summed E-state index contributed by atoms with van der Waals surface area (Å²) >= 11 is 0. The van der Waals surface area contributed by atoms with Crippen molar-refractivity contribution in [3.63, 3.8) is 0 Å². The molecule has 1 aliphatic heterocycles. The van der Waals surface area contributed by atoms with Crippen LogP contribution in [0.15, 0.2) is 35.0 Å². The summed E-state index contributed by atoms with van der Waals surface area (Å²) in [5.41, 5.74) is 2.24. The Kier molecular flexibility index (Phi) is 4.37. The summed E-state index contributed by atoms with van der Waals surface area (Å²) in [6.45, 7) is 4.29. The number of hydrogen-bond acceptors (Lipinski definition) is 5. The van der Waals surface area contributed by atoms with Crippen LogP contribution in [-0.2, 0) is 11.3 Å². The molecule has 2 heterocycles. The average molecular weight is 369 g/mol. The molecule has 0 unspecified atom stereocenters. The van der Waals surface area contributed by atoms with Crippen molar-refractivity contribution in [2.24, 2.45) is 0 Å². The second-order valence-electron chi connectivity index (χ2n) is 7.42. The molecule has 1 saturated carbocycles. The molecule has 4 rings (SSSR count). The molecule has 0 bridgehead atoms. The number of aromatic nitrogens is 1. The Hall–Kier alpha value is -2.83. The van der Waals surface area contributed by atoms with Crippen molar-refractivity contribution in [1.82, 2.24) is 15.2 Å². The maximum Gasteiger partial charge on any atom is 0.431 e. The summed E-state index contributed by atoms with van der Waals surface area (Å²) in [5, 5.41) is 6.50. The summed E-state index contributed by atoms with van der Waals surface area (Å²) in [4.78, 5) is 25.9. The number of nitrogens with zero attached hydrogens (tertiary/aromatic N) is 3. The van der Waals surface area contributed by atoms with E-state index in [9.17, 15) is 9.59 Å². The van der Waals surface area contributed by atoms with E-state index < -0.39 is 17.7 Å². The van der Waals surface area contributed by atoms with Crippen molar-refractivity contribution in [3.05, 3.63) is 52.9 Å². The highest BCUT2D eigenvalue weighted by Crippen LogP contribution is 2.42. The fourth-order valence-corrected chi connectivity index (χ4v) is 4.17. The molecule has 2 fully saturated rings. The van der Waals surface area contributed by atoms with Crippen LogP contribution in [0.1, 0.15) is 59.3 Å². The number of aryl methyl sites for hydroxylation is 2. The lowest BCUT2D eigenvalue weighted by atomic mass is 9.91. The third-order valence-corrected chi connectivity index (χ3v) is 5.21. The molecule has 0 radical (unpaired) electrons. The van der Waals surface area contributed by atoms with Gasteiger partial charge in [-0.1, -0.05) is 40.9 Å². The van der Waals surface area contributed by atoms with Gasteiger partial charge in [0.05, 0.1) is 12.7 Å². The van der Waals surface area contributed by atoms with E-state index in [2.05, 4.69) is 11.2 Å². The number of rotatable bonds is 3. The Morgan fingerprint density at radius 1 is 1.15 bits per heavy atom. The summed E-state index contributed by atoms with van der Waals surface area (Å²) in [6.07, 6.45) is 5.07. The second kappa shape index (κ2) is 6.72. The van der Waals surface area contributed by atoms with Gasteiger partial charge in [-0.2, -0.15) is 5.01 Å². The molecule has 1 saturated heterocycles. The van der Waals surface area contributed by atoms with Gasteiger partial charge in [-0.25, -0.2) is 9.80 Å². The lowest BCUT2D eigenvalue weighted by Gasteiger charge is -2.39. The van der Waals surface area contributed by atoms with E-state index in [1.165, 1.54) is 22.3 Å². The number of hydrogen-bond donors (Lipinski definition) is 0. The van der Waals surface area contributed by atoms with Crippen LogP contribution >= 0.6 is 0 Å². The number of ether oxygens (including phenoxy) is 1. The maximum absolute atomic E-state index is 13.2. The van der Waals surface area contributed by atoms with Gasteiger partial charge in [0.15, 0.2) is 0 Å². The second-order valence-corrected chi connectivity index (χ2v) is 7.42. The minimum absolute atomic E-state index is 0.101. The van der Waals surface area contributed by atoms with Crippen LogP contribution in [-0.4, -0.2) is 32.9 Å². The third-order valence-electron chi connectivity index (χ3n) is 5.21. The van der Waals surface area contributed by atoms with Gasteiger partial charge in [0.25, 0.3) is 0 Å². The normalized spacial score (nSPS) is 18.8. The van der Waals surface area contributed by atoms with E-state index in [4.69, 9.17) is 9.26 Å². The number of hydrazine groups is 1. The number of benzene rings is 1. The van der Waals surface area contributed by atoms with Gasteiger partial charge in [0.2, 0.25) is 11.5 Å². The molecular formula is C20H23N3O4. The molecule has 0 N–H and O–H groups in total. The Balaban J connectivity index is 1.71. The molecule has 0 atom stereocenters. The van der Waals surface area contributed by atoms with Crippen LogP contribution in [0.5, 0.6) is 0 Å². The SMILES string of the molecule is Cc1cc(C)cc(CN2C(=O)OC3(CCCCC3)N2C(=O)c2ccno2)c1. The first kappa shape index (κ1) is 17.6. The zero-order valence-corrected chi connectivity index (χ0v) is 15.6. The maximum atomic E-state index is 13.2. The smallest absolute Gasteiger partial charge is 0.419 e. The predicted octanol–water partition coefficient (Wildman–Crippen LogP) is 3.96.